The van der Waals surface area contributed by atoms with Gasteiger partial charge in [0, 0.05) is 21.0 Å². The fourth-order valence-corrected chi connectivity index (χ4v) is 2.45. The Bertz CT molecular complexity index is 854. The summed E-state index contributed by atoms with van der Waals surface area (Å²) in [5.41, 5.74) is 1.97. The summed E-state index contributed by atoms with van der Waals surface area (Å²) in [4.78, 5) is 0. The average molecular weight is 305 g/mol. The summed E-state index contributed by atoms with van der Waals surface area (Å²) in [7, 11) is 0. The van der Waals surface area contributed by atoms with Gasteiger partial charge in [0.25, 0.3) is 0 Å². The first kappa shape index (κ1) is 13.0. The number of hydrogen-bond acceptors (Lipinski definition) is 2. The van der Waals surface area contributed by atoms with Crippen molar-refractivity contribution in [2.75, 3.05) is 0 Å². The van der Waals surface area contributed by atoms with Crippen LogP contribution in [0.15, 0.2) is 48.5 Å². The Morgan fingerprint density at radius 2 is 1.55 bits per heavy atom. The van der Waals surface area contributed by atoms with Crippen LogP contribution in [-0.2, 0) is 0 Å². The van der Waals surface area contributed by atoms with E-state index in [2.05, 4.69) is 0 Å². The standard InChI is InChI=1S/C15H10Cl2N2O/c16-11-3-1-9(2-4-11)13-8-10-7-12(17)5-6-14(10)19(20)15(13)18/h1-8,18,20H. The molecule has 0 fully saturated rings. The van der Waals surface area contributed by atoms with Crippen LogP contribution in [0.25, 0.3) is 22.0 Å². The van der Waals surface area contributed by atoms with Gasteiger partial charge in [-0.15, -0.1) is 0 Å². The largest absolute Gasteiger partial charge is 0.426 e. The van der Waals surface area contributed by atoms with Gasteiger partial charge in [-0.05, 0) is 42.0 Å². The van der Waals surface area contributed by atoms with Gasteiger partial charge in [0.05, 0.1) is 5.52 Å². The van der Waals surface area contributed by atoms with E-state index in [-0.39, 0.29) is 5.49 Å². The van der Waals surface area contributed by atoms with Gasteiger partial charge in [-0.25, -0.2) is 0 Å². The van der Waals surface area contributed by atoms with Gasteiger partial charge in [0.15, 0.2) is 5.49 Å². The molecule has 5 heteroatoms. The molecule has 0 radical (unpaired) electrons. The summed E-state index contributed by atoms with van der Waals surface area (Å²) in [6.07, 6.45) is 0. The number of halogens is 2. The van der Waals surface area contributed by atoms with Crippen molar-refractivity contribution in [3.63, 3.8) is 0 Å². The number of nitrogens with zero attached hydrogens (tertiary/aromatic N) is 1. The number of pyridine rings is 1. The molecule has 0 spiro atoms. The molecule has 0 atom stereocenters. The Hall–Kier alpha value is -1.97. The maximum atomic E-state index is 10.1. The minimum Gasteiger partial charge on any atom is -0.426 e. The molecule has 20 heavy (non-hydrogen) atoms. The molecule has 0 amide bonds. The fourth-order valence-electron chi connectivity index (χ4n) is 2.14. The predicted octanol–water partition coefficient (Wildman–Crippen LogP) is 4.33. The van der Waals surface area contributed by atoms with Crippen LogP contribution in [-0.4, -0.2) is 9.94 Å². The zero-order chi connectivity index (χ0) is 14.3. The number of fused-ring (bicyclic) bond motifs is 1. The Morgan fingerprint density at radius 1 is 0.900 bits per heavy atom. The highest BCUT2D eigenvalue weighted by molar-refractivity contribution is 6.31. The van der Waals surface area contributed by atoms with Crippen molar-refractivity contribution < 1.29 is 5.21 Å². The van der Waals surface area contributed by atoms with Crippen molar-refractivity contribution in [1.29, 1.82) is 5.41 Å². The molecule has 0 unspecified atom stereocenters. The number of benzene rings is 2. The first-order chi connectivity index (χ1) is 9.56. The number of nitrogens with one attached hydrogen (secondary N) is 1. The van der Waals surface area contributed by atoms with E-state index in [0.29, 0.717) is 21.1 Å². The molecule has 1 aromatic heterocycles. The number of rotatable bonds is 1. The minimum atomic E-state index is 0.0159. The maximum Gasteiger partial charge on any atom is 0.169 e. The van der Waals surface area contributed by atoms with Gasteiger partial charge in [-0.3, -0.25) is 5.41 Å². The van der Waals surface area contributed by atoms with Crippen LogP contribution in [0, 0.1) is 5.41 Å². The van der Waals surface area contributed by atoms with Crippen molar-refractivity contribution >= 4 is 34.1 Å². The van der Waals surface area contributed by atoms with Gasteiger partial charge in [-0.1, -0.05) is 35.3 Å². The van der Waals surface area contributed by atoms with E-state index in [4.69, 9.17) is 28.6 Å². The Morgan fingerprint density at radius 3 is 2.25 bits per heavy atom. The van der Waals surface area contributed by atoms with Gasteiger partial charge >= 0.3 is 0 Å². The molecule has 3 rings (SSSR count). The Labute approximate surface area is 125 Å². The zero-order valence-corrected chi connectivity index (χ0v) is 11.8. The van der Waals surface area contributed by atoms with E-state index in [1.54, 1.807) is 30.3 Å². The van der Waals surface area contributed by atoms with Crippen LogP contribution in [0.1, 0.15) is 0 Å². The molecule has 2 N–H and O–H groups in total. The highest BCUT2D eigenvalue weighted by atomic mass is 35.5. The van der Waals surface area contributed by atoms with Crippen LogP contribution >= 0.6 is 23.2 Å². The summed E-state index contributed by atoms with van der Waals surface area (Å²) >= 11 is 11.8. The molecular formula is C15H10Cl2N2O. The zero-order valence-electron chi connectivity index (χ0n) is 10.3. The number of hydrogen-bond donors (Lipinski definition) is 2. The molecule has 3 aromatic rings. The predicted molar refractivity (Wildman–Crippen MR) is 80.4 cm³/mol. The van der Waals surface area contributed by atoms with Crippen LogP contribution in [0.2, 0.25) is 10.0 Å². The van der Waals surface area contributed by atoms with Gasteiger partial charge < -0.3 is 5.21 Å². The van der Waals surface area contributed by atoms with E-state index in [9.17, 15) is 5.21 Å². The maximum absolute atomic E-state index is 10.1. The Balaban J connectivity index is 2.33. The first-order valence-corrected chi connectivity index (χ1v) is 6.67. The van der Waals surface area contributed by atoms with Gasteiger partial charge in [0.1, 0.15) is 0 Å². The first-order valence-electron chi connectivity index (χ1n) is 5.91. The molecule has 0 saturated carbocycles. The third kappa shape index (κ3) is 2.15. The van der Waals surface area contributed by atoms with Crippen molar-refractivity contribution in [3.05, 3.63) is 64.1 Å². The van der Waals surface area contributed by atoms with Crippen molar-refractivity contribution in [1.82, 2.24) is 4.73 Å². The molecule has 3 nitrogen and oxygen atoms in total. The summed E-state index contributed by atoms with van der Waals surface area (Å²) in [6, 6.07) is 14.1. The van der Waals surface area contributed by atoms with E-state index in [1.807, 2.05) is 18.2 Å². The quantitative estimate of drug-likeness (QED) is 0.646. The lowest BCUT2D eigenvalue weighted by Crippen LogP contribution is -2.20. The third-order valence-corrected chi connectivity index (χ3v) is 3.63. The van der Waals surface area contributed by atoms with Crippen LogP contribution in [0.3, 0.4) is 0 Å². The monoisotopic (exact) mass is 304 g/mol. The molecule has 0 saturated heterocycles. The lowest BCUT2D eigenvalue weighted by atomic mass is 10.0. The highest BCUT2D eigenvalue weighted by Gasteiger charge is 2.08. The van der Waals surface area contributed by atoms with Gasteiger partial charge in [-0.2, -0.15) is 4.73 Å². The highest BCUT2D eigenvalue weighted by Crippen LogP contribution is 2.24. The van der Waals surface area contributed by atoms with Crippen molar-refractivity contribution in [2.24, 2.45) is 0 Å². The summed E-state index contributed by atoms with van der Waals surface area (Å²) in [6.45, 7) is 0. The SMILES string of the molecule is N=c1c(-c2ccc(Cl)cc2)cc2cc(Cl)ccc2n1O. The molecule has 0 bridgehead atoms. The molecule has 0 aliphatic heterocycles. The molecule has 0 aliphatic rings. The van der Waals surface area contributed by atoms with Gasteiger partial charge in [0.2, 0.25) is 0 Å². The average Bonchev–Trinajstić information content (AvgIpc) is 2.44. The molecular weight excluding hydrogens is 295 g/mol. The van der Waals surface area contributed by atoms with E-state index < -0.39 is 0 Å². The second-order valence-corrected chi connectivity index (χ2v) is 5.30. The smallest absolute Gasteiger partial charge is 0.169 e. The third-order valence-electron chi connectivity index (χ3n) is 3.14. The van der Waals surface area contributed by atoms with Crippen molar-refractivity contribution in [2.45, 2.75) is 0 Å². The molecule has 2 aromatic carbocycles. The normalized spacial score (nSPS) is 10.9. The lowest BCUT2D eigenvalue weighted by molar-refractivity contribution is 0.185. The summed E-state index contributed by atoms with van der Waals surface area (Å²) in [5.74, 6) is 0. The summed E-state index contributed by atoms with van der Waals surface area (Å²) < 4.78 is 0.857. The van der Waals surface area contributed by atoms with Crippen LogP contribution < -0.4 is 5.49 Å². The number of aromatic nitrogens is 1. The fraction of sp³-hybridized carbons (Fsp3) is 0. The van der Waals surface area contributed by atoms with Crippen LogP contribution in [0.4, 0.5) is 0 Å². The molecule has 0 aliphatic carbocycles. The van der Waals surface area contributed by atoms with E-state index in [0.717, 1.165) is 15.7 Å². The second-order valence-electron chi connectivity index (χ2n) is 4.43. The summed E-state index contributed by atoms with van der Waals surface area (Å²) in [5, 5.41) is 20.1. The van der Waals surface area contributed by atoms with Crippen molar-refractivity contribution in [3.8, 4) is 11.1 Å². The topological polar surface area (TPSA) is 49.0 Å². The molecule has 1 heterocycles. The Kier molecular flexibility index (Phi) is 3.16. The van der Waals surface area contributed by atoms with E-state index >= 15 is 0 Å². The second kappa shape index (κ2) is 4.85. The lowest BCUT2D eigenvalue weighted by Gasteiger charge is -2.09. The minimum absolute atomic E-state index is 0.0159. The van der Waals surface area contributed by atoms with E-state index in [1.165, 1.54) is 0 Å². The molecule has 100 valence electrons. The van der Waals surface area contributed by atoms with Crippen LogP contribution in [0.5, 0.6) is 0 Å².